The molecular formula is C16H23N3O2. The second-order valence-electron chi connectivity index (χ2n) is 5.57. The zero-order valence-electron chi connectivity index (χ0n) is 12.7. The van der Waals surface area contributed by atoms with Gasteiger partial charge in [-0.1, -0.05) is 49.3 Å². The maximum Gasteiger partial charge on any atom is 0.0720 e. The molecule has 1 fully saturated rings. The smallest absolute Gasteiger partial charge is 0.0720 e. The molecule has 0 spiro atoms. The predicted molar refractivity (Wildman–Crippen MR) is 81.7 cm³/mol. The quantitative estimate of drug-likeness (QED) is 0.452. The second-order valence-corrected chi connectivity index (χ2v) is 5.57. The van der Waals surface area contributed by atoms with E-state index in [1.165, 1.54) is 0 Å². The lowest BCUT2D eigenvalue weighted by Gasteiger charge is -2.40. The molecule has 0 aromatic heterocycles. The molecule has 0 radical (unpaired) electrons. The van der Waals surface area contributed by atoms with Crippen molar-refractivity contribution < 1.29 is 9.47 Å². The molecule has 0 aliphatic carbocycles. The van der Waals surface area contributed by atoms with Gasteiger partial charge in [-0.2, -0.15) is 0 Å². The van der Waals surface area contributed by atoms with Crippen LogP contribution in [-0.2, 0) is 16.1 Å². The van der Waals surface area contributed by atoms with Crippen LogP contribution < -0.4 is 0 Å². The van der Waals surface area contributed by atoms with E-state index in [9.17, 15) is 0 Å². The molecule has 0 saturated carbocycles. The summed E-state index contributed by atoms with van der Waals surface area (Å²) < 4.78 is 12.0. The van der Waals surface area contributed by atoms with Crippen molar-refractivity contribution in [2.24, 2.45) is 17.0 Å². The Bertz CT molecular complexity index is 474. The molecule has 1 aromatic rings. The van der Waals surface area contributed by atoms with Crippen molar-refractivity contribution >= 4 is 0 Å². The van der Waals surface area contributed by atoms with Gasteiger partial charge >= 0.3 is 0 Å². The predicted octanol–water partition coefficient (Wildman–Crippen LogP) is 3.94. The van der Waals surface area contributed by atoms with E-state index in [0.717, 1.165) is 12.0 Å². The van der Waals surface area contributed by atoms with Crippen LogP contribution >= 0.6 is 0 Å². The summed E-state index contributed by atoms with van der Waals surface area (Å²) in [6.45, 7) is 5.90. The molecule has 1 aliphatic rings. The zero-order chi connectivity index (χ0) is 15.1. The van der Waals surface area contributed by atoms with E-state index in [0.29, 0.717) is 25.7 Å². The largest absolute Gasteiger partial charge is 0.377 e. The lowest BCUT2D eigenvalue weighted by molar-refractivity contribution is -0.148. The number of rotatable bonds is 6. The van der Waals surface area contributed by atoms with Crippen molar-refractivity contribution in [3.05, 3.63) is 46.3 Å². The topological polar surface area (TPSA) is 67.2 Å². The first kappa shape index (κ1) is 15.8. The van der Waals surface area contributed by atoms with Gasteiger partial charge in [0.1, 0.15) is 0 Å². The van der Waals surface area contributed by atoms with Gasteiger partial charge in [0.05, 0.1) is 25.4 Å². The van der Waals surface area contributed by atoms with Crippen molar-refractivity contribution in [1.82, 2.24) is 0 Å². The fraction of sp³-hybridized carbons (Fsp3) is 0.625. The lowest BCUT2D eigenvalue weighted by atomic mass is 9.84. The molecule has 5 heteroatoms. The SMILES string of the molecule is CC[C@H]1OC[C@@H](CN=[N+]=[N-])[C@@H](OCc2ccccc2)[C@H]1C. The molecule has 1 heterocycles. The molecular weight excluding hydrogens is 266 g/mol. The van der Waals surface area contributed by atoms with Crippen LogP contribution in [0.15, 0.2) is 35.4 Å². The number of ether oxygens (including phenoxy) is 2. The third-order valence-corrected chi connectivity index (χ3v) is 4.16. The third-order valence-electron chi connectivity index (χ3n) is 4.16. The van der Waals surface area contributed by atoms with Crippen LogP contribution in [0, 0.1) is 11.8 Å². The minimum Gasteiger partial charge on any atom is -0.377 e. The van der Waals surface area contributed by atoms with E-state index in [4.69, 9.17) is 15.0 Å². The molecule has 0 unspecified atom stereocenters. The van der Waals surface area contributed by atoms with Crippen molar-refractivity contribution in [3.8, 4) is 0 Å². The van der Waals surface area contributed by atoms with Crippen molar-refractivity contribution in [2.45, 2.75) is 39.1 Å². The van der Waals surface area contributed by atoms with Crippen LogP contribution in [0.25, 0.3) is 10.4 Å². The average Bonchev–Trinajstić information content (AvgIpc) is 2.53. The fourth-order valence-electron chi connectivity index (χ4n) is 2.98. The van der Waals surface area contributed by atoms with E-state index >= 15 is 0 Å². The molecule has 0 bridgehead atoms. The number of hydrogen-bond donors (Lipinski definition) is 0. The molecule has 4 atom stereocenters. The monoisotopic (exact) mass is 289 g/mol. The highest BCUT2D eigenvalue weighted by atomic mass is 16.5. The minimum absolute atomic E-state index is 0.0643. The van der Waals surface area contributed by atoms with E-state index < -0.39 is 0 Å². The fourth-order valence-corrected chi connectivity index (χ4v) is 2.98. The van der Waals surface area contributed by atoms with E-state index in [2.05, 4.69) is 36.0 Å². The first-order valence-electron chi connectivity index (χ1n) is 7.54. The van der Waals surface area contributed by atoms with Gasteiger partial charge in [0.2, 0.25) is 0 Å². The van der Waals surface area contributed by atoms with Crippen molar-refractivity contribution in [2.75, 3.05) is 13.2 Å². The molecule has 21 heavy (non-hydrogen) atoms. The average molecular weight is 289 g/mol. The van der Waals surface area contributed by atoms with Gasteiger partial charge < -0.3 is 9.47 Å². The molecule has 5 nitrogen and oxygen atoms in total. The molecule has 0 N–H and O–H groups in total. The van der Waals surface area contributed by atoms with Gasteiger partial charge in [0, 0.05) is 23.3 Å². The highest BCUT2D eigenvalue weighted by Crippen LogP contribution is 2.30. The van der Waals surface area contributed by atoms with E-state index in [1.54, 1.807) is 0 Å². The Balaban J connectivity index is 2.03. The summed E-state index contributed by atoms with van der Waals surface area (Å²) in [5.74, 6) is 0.425. The van der Waals surface area contributed by atoms with E-state index in [-0.39, 0.29) is 18.1 Å². The lowest BCUT2D eigenvalue weighted by Crippen LogP contribution is -2.47. The summed E-state index contributed by atoms with van der Waals surface area (Å²) in [6, 6.07) is 10.1. The highest BCUT2D eigenvalue weighted by Gasteiger charge is 2.37. The summed E-state index contributed by atoms with van der Waals surface area (Å²) in [5, 5.41) is 3.71. The van der Waals surface area contributed by atoms with Crippen molar-refractivity contribution in [3.63, 3.8) is 0 Å². The van der Waals surface area contributed by atoms with Crippen LogP contribution in [0.2, 0.25) is 0 Å². The Hall–Kier alpha value is -1.55. The first-order chi connectivity index (χ1) is 10.3. The van der Waals surface area contributed by atoms with Gasteiger partial charge in [-0.15, -0.1) is 0 Å². The molecule has 1 saturated heterocycles. The molecule has 1 aromatic carbocycles. The summed E-state index contributed by atoms with van der Waals surface area (Å²) in [7, 11) is 0. The van der Waals surface area contributed by atoms with Crippen LogP contribution in [0.3, 0.4) is 0 Å². The van der Waals surface area contributed by atoms with Gasteiger partial charge in [0.15, 0.2) is 0 Å². The summed E-state index contributed by atoms with van der Waals surface area (Å²) in [4.78, 5) is 2.86. The van der Waals surface area contributed by atoms with Gasteiger partial charge in [-0.05, 0) is 17.5 Å². The second kappa shape index (κ2) is 8.03. The number of nitrogens with zero attached hydrogens (tertiary/aromatic N) is 3. The summed E-state index contributed by atoms with van der Waals surface area (Å²) in [6.07, 6.45) is 1.25. The Morgan fingerprint density at radius 1 is 1.38 bits per heavy atom. The third kappa shape index (κ3) is 4.21. The van der Waals surface area contributed by atoms with Gasteiger partial charge in [0.25, 0.3) is 0 Å². The van der Waals surface area contributed by atoms with Crippen LogP contribution in [0.4, 0.5) is 0 Å². The normalized spacial score (nSPS) is 28.9. The van der Waals surface area contributed by atoms with Crippen LogP contribution in [0.1, 0.15) is 25.8 Å². The Morgan fingerprint density at radius 2 is 2.14 bits per heavy atom. The highest BCUT2D eigenvalue weighted by molar-refractivity contribution is 5.13. The maximum atomic E-state index is 8.53. The molecule has 114 valence electrons. The number of azide groups is 1. The Kier molecular flexibility index (Phi) is 6.05. The summed E-state index contributed by atoms with van der Waals surface area (Å²) in [5.41, 5.74) is 9.69. The van der Waals surface area contributed by atoms with E-state index in [1.807, 2.05) is 18.2 Å². The standard InChI is InChI=1S/C16H23N3O2/c1-3-15-12(2)16(14(11-20-15)9-18-19-17)21-10-13-7-5-4-6-8-13/h4-8,12,14-16H,3,9-11H2,1-2H3/t12-,14+,15+,16-/m0/s1. The first-order valence-corrected chi connectivity index (χ1v) is 7.54. The Morgan fingerprint density at radius 3 is 2.81 bits per heavy atom. The maximum absolute atomic E-state index is 8.53. The molecule has 0 amide bonds. The molecule has 1 aliphatic heterocycles. The van der Waals surface area contributed by atoms with Gasteiger partial charge in [-0.25, -0.2) is 0 Å². The summed E-state index contributed by atoms with van der Waals surface area (Å²) >= 11 is 0. The van der Waals surface area contributed by atoms with Crippen LogP contribution in [0.5, 0.6) is 0 Å². The number of benzene rings is 1. The molecule has 2 rings (SSSR count). The zero-order valence-corrected chi connectivity index (χ0v) is 12.7. The van der Waals surface area contributed by atoms with Gasteiger partial charge in [-0.3, -0.25) is 0 Å². The number of hydrogen-bond acceptors (Lipinski definition) is 3. The van der Waals surface area contributed by atoms with Crippen LogP contribution in [-0.4, -0.2) is 25.4 Å². The minimum atomic E-state index is 0.0643. The Labute approximate surface area is 125 Å². The van der Waals surface area contributed by atoms with Crippen molar-refractivity contribution in [1.29, 1.82) is 0 Å².